The number of aromatic carboxylic acids is 1. The molecule has 2 N–H and O–H groups in total. The van der Waals surface area contributed by atoms with Crippen LogP contribution < -0.4 is 0 Å². The third-order valence-electron chi connectivity index (χ3n) is 5.99. The average Bonchev–Trinajstić information content (AvgIpc) is 3.26. The number of aromatic amines is 1. The number of fused-ring (bicyclic) bond motifs is 1. The van der Waals surface area contributed by atoms with Crippen molar-refractivity contribution in [2.75, 3.05) is 0 Å². The minimum absolute atomic E-state index is 0.0805. The molecule has 0 saturated carbocycles. The fourth-order valence-corrected chi connectivity index (χ4v) is 4.66. The highest BCUT2D eigenvalue weighted by Gasteiger charge is 2.22. The van der Waals surface area contributed by atoms with Gasteiger partial charge in [-0.05, 0) is 59.7 Å². The Balaban J connectivity index is 1.79. The number of nitriles is 2. The standard InChI is InChI=1S/C29H15ClFN3O2/c30-24-12-18(29(35)36)7-9-22(24)16-3-1-4-17(11-16)28-27(23-13-21(31)8-10-25(23)34-28)26-19(14-32)5-2-6-20(26)15-33/h1-13,34H,(H,35,36). The van der Waals surface area contributed by atoms with Crippen LogP contribution in [-0.4, -0.2) is 16.1 Å². The predicted octanol–water partition coefficient (Wildman–Crippen LogP) is 7.40. The molecule has 5 aromatic rings. The molecule has 1 heterocycles. The second-order valence-corrected chi connectivity index (χ2v) is 8.50. The lowest BCUT2D eigenvalue weighted by molar-refractivity contribution is 0.0697. The molecule has 7 heteroatoms. The molecule has 5 nitrogen and oxygen atoms in total. The molecular weight excluding hydrogens is 477 g/mol. The van der Waals surface area contributed by atoms with Crippen LogP contribution in [0.15, 0.2) is 78.9 Å². The van der Waals surface area contributed by atoms with Gasteiger partial charge in [-0.2, -0.15) is 10.5 Å². The molecule has 0 radical (unpaired) electrons. The summed E-state index contributed by atoms with van der Waals surface area (Å²) in [7, 11) is 0. The van der Waals surface area contributed by atoms with Gasteiger partial charge in [0, 0.05) is 32.6 Å². The minimum Gasteiger partial charge on any atom is -0.478 e. The number of carboxylic acids is 1. The van der Waals surface area contributed by atoms with Crippen LogP contribution in [0.1, 0.15) is 21.5 Å². The van der Waals surface area contributed by atoms with E-state index in [0.29, 0.717) is 50.0 Å². The van der Waals surface area contributed by atoms with Crippen LogP contribution in [0, 0.1) is 28.5 Å². The lowest BCUT2D eigenvalue weighted by Gasteiger charge is -2.12. The van der Waals surface area contributed by atoms with Gasteiger partial charge in [-0.3, -0.25) is 0 Å². The van der Waals surface area contributed by atoms with Gasteiger partial charge in [-0.25, -0.2) is 9.18 Å². The second-order valence-electron chi connectivity index (χ2n) is 8.10. The molecule has 0 aliphatic carbocycles. The highest BCUT2D eigenvalue weighted by molar-refractivity contribution is 6.33. The molecule has 36 heavy (non-hydrogen) atoms. The van der Waals surface area contributed by atoms with Crippen molar-refractivity contribution in [2.45, 2.75) is 0 Å². The van der Waals surface area contributed by atoms with E-state index in [4.69, 9.17) is 11.6 Å². The van der Waals surface area contributed by atoms with Crippen LogP contribution in [0.3, 0.4) is 0 Å². The fraction of sp³-hybridized carbons (Fsp3) is 0. The number of aromatic nitrogens is 1. The number of carbonyl (C=O) groups is 1. The van der Waals surface area contributed by atoms with Crippen LogP contribution in [0.2, 0.25) is 5.02 Å². The van der Waals surface area contributed by atoms with Gasteiger partial charge in [0.05, 0.1) is 34.5 Å². The Kier molecular flexibility index (Phi) is 5.74. The van der Waals surface area contributed by atoms with E-state index in [-0.39, 0.29) is 10.6 Å². The lowest BCUT2D eigenvalue weighted by Crippen LogP contribution is -1.96. The van der Waals surface area contributed by atoms with Crippen molar-refractivity contribution in [1.29, 1.82) is 10.5 Å². The topological polar surface area (TPSA) is 101 Å². The Morgan fingerprint density at radius 1 is 0.861 bits per heavy atom. The van der Waals surface area contributed by atoms with Gasteiger partial charge in [0.25, 0.3) is 0 Å². The Bertz CT molecular complexity index is 1740. The van der Waals surface area contributed by atoms with Crippen LogP contribution in [0.5, 0.6) is 0 Å². The van der Waals surface area contributed by atoms with Gasteiger partial charge in [0.1, 0.15) is 5.82 Å². The number of H-pyrrole nitrogens is 1. The van der Waals surface area contributed by atoms with E-state index in [1.807, 2.05) is 24.3 Å². The van der Waals surface area contributed by atoms with Gasteiger partial charge in [-0.1, -0.05) is 41.9 Å². The number of hydrogen-bond acceptors (Lipinski definition) is 3. The van der Waals surface area contributed by atoms with Gasteiger partial charge in [0.2, 0.25) is 0 Å². The number of nitrogens with one attached hydrogen (secondary N) is 1. The molecular formula is C29H15ClFN3O2. The summed E-state index contributed by atoms with van der Waals surface area (Å²) in [6.07, 6.45) is 0. The molecule has 0 fully saturated rings. The largest absolute Gasteiger partial charge is 0.478 e. The minimum atomic E-state index is -1.07. The van der Waals surface area contributed by atoms with Gasteiger partial charge in [0.15, 0.2) is 0 Å². The van der Waals surface area contributed by atoms with Crippen LogP contribution in [0.25, 0.3) is 44.4 Å². The van der Waals surface area contributed by atoms with E-state index in [1.165, 1.54) is 24.3 Å². The van der Waals surface area contributed by atoms with E-state index in [9.17, 15) is 24.8 Å². The molecule has 0 aliphatic heterocycles. The molecule has 0 saturated heterocycles. The van der Waals surface area contributed by atoms with E-state index in [2.05, 4.69) is 17.1 Å². The van der Waals surface area contributed by atoms with Crippen molar-refractivity contribution >= 4 is 28.5 Å². The molecule has 0 atom stereocenters. The van der Waals surface area contributed by atoms with Crippen molar-refractivity contribution in [3.63, 3.8) is 0 Å². The molecule has 4 aromatic carbocycles. The molecule has 5 rings (SSSR count). The summed E-state index contributed by atoms with van der Waals surface area (Å²) in [6, 6.07) is 25.4. The number of halogens is 2. The maximum Gasteiger partial charge on any atom is 0.335 e. The highest BCUT2D eigenvalue weighted by atomic mass is 35.5. The van der Waals surface area contributed by atoms with Gasteiger partial charge >= 0.3 is 5.97 Å². The van der Waals surface area contributed by atoms with E-state index < -0.39 is 11.8 Å². The Morgan fingerprint density at radius 2 is 1.56 bits per heavy atom. The SMILES string of the molecule is N#Cc1cccc(C#N)c1-c1c(-c2cccc(-c3ccc(C(=O)O)cc3Cl)c2)[nH]c2ccc(F)cc12. The zero-order valence-corrected chi connectivity index (χ0v) is 19.3. The summed E-state index contributed by atoms with van der Waals surface area (Å²) < 4.78 is 14.3. The fourth-order valence-electron chi connectivity index (χ4n) is 4.37. The zero-order chi connectivity index (χ0) is 25.4. The highest BCUT2D eigenvalue weighted by Crippen LogP contribution is 2.42. The van der Waals surface area contributed by atoms with Crippen LogP contribution in [0.4, 0.5) is 4.39 Å². The van der Waals surface area contributed by atoms with Crippen molar-refractivity contribution in [3.8, 4) is 45.6 Å². The predicted molar refractivity (Wildman–Crippen MR) is 136 cm³/mol. The van der Waals surface area contributed by atoms with Gasteiger partial charge < -0.3 is 10.1 Å². The molecule has 0 spiro atoms. The number of benzene rings is 4. The molecule has 0 unspecified atom stereocenters. The number of rotatable bonds is 4. The van der Waals surface area contributed by atoms with E-state index in [0.717, 1.165) is 5.56 Å². The van der Waals surface area contributed by atoms with Crippen LogP contribution in [-0.2, 0) is 0 Å². The first-order valence-corrected chi connectivity index (χ1v) is 11.2. The first kappa shape index (κ1) is 22.9. The average molecular weight is 492 g/mol. The second kappa shape index (κ2) is 9.03. The molecule has 172 valence electrons. The summed E-state index contributed by atoms with van der Waals surface area (Å²) in [5.41, 5.74) is 4.98. The van der Waals surface area contributed by atoms with Crippen molar-refractivity contribution in [1.82, 2.24) is 4.98 Å². The van der Waals surface area contributed by atoms with E-state index in [1.54, 1.807) is 30.3 Å². The maximum absolute atomic E-state index is 14.3. The third-order valence-corrected chi connectivity index (χ3v) is 6.31. The Labute approximate surface area is 210 Å². The third kappa shape index (κ3) is 3.86. The maximum atomic E-state index is 14.3. The summed E-state index contributed by atoms with van der Waals surface area (Å²) in [6.45, 7) is 0. The van der Waals surface area contributed by atoms with Crippen molar-refractivity contribution < 1.29 is 14.3 Å². The molecule has 0 amide bonds. The Morgan fingerprint density at radius 3 is 2.22 bits per heavy atom. The number of hydrogen-bond donors (Lipinski definition) is 2. The first-order chi connectivity index (χ1) is 17.4. The van der Waals surface area contributed by atoms with Crippen molar-refractivity contribution in [3.05, 3.63) is 106 Å². The smallest absolute Gasteiger partial charge is 0.335 e. The van der Waals surface area contributed by atoms with Gasteiger partial charge in [-0.15, -0.1) is 0 Å². The molecule has 1 aromatic heterocycles. The number of nitrogens with zero attached hydrogens (tertiary/aromatic N) is 2. The van der Waals surface area contributed by atoms with Crippen molar-refractivity contribution in [2.24, 2.45) is 0 Å². The summed E-state index contributed by atoms with van der Waals surface area (Å²) in [5, 5.41) is 29.7. The van der Waals surface area contributed by atoms with Crippen LogP contribution >= 0.6 is 11.6 Å². The normalized spacial score (nSPS) is 10.7. The summed E-state index contributed by atoms with van der Waals surface area (Å²) in [5.74, 6) is -1.52. The quantitative estimate of drug-likeness (QED) is 0.273. The zero-order valence-electron chi connectivity index (χ0n) is 18.5. The van der Waals surface area contributed by atoms with E-state index >= 15 is 0 Å². The molecule has 0 aliphatic rings. The lowest BCUT2D eigenvalue weighted by atomic mass is 9.90. The molecule has 0 bridgehead atoms. The summed E-state index contributed by atoms with van der Waals surface area (Å²) >= 11 is 6.41. The summed E-state index contributed by atoms with van der Waals surface area (Å²) in [4.78, 5) is 14.6. The number of carboxylic acid groups (broad SMARTS) is 1. The Hall–Kier alpha value is -4.91. The first-order valence-electron chi connectivity index (χ1n) is 10.8. The monoisotopic (exact) mass is 491 g/mol.